The summed E-state index contributed by atoms with van der Waals surface area (Å²) in [6, 6.07) is 17.9. The normalized spacial score (nSPS) is 11.7. The first kappa shape index (κ1) is 16.1. The molecular weight excluding hydrogens is 356 g/mol. The molecule has 0 saturated carbocycles. The molecule has 26 heavy (non-hydrogen) atoms. The number of hydrogen-bond donors (Lipinski definition) is 1. The zero-order valence-electron chi connectivity index (χ0n) is 13.2. The van der Waals surface area contributed by atoms with Crippen molar-refractivity contribution in [1.82, 2.24) is 24.1 Å². The molecule has 0 amide bonds. The Morgan fingerprint density at radius 2 is 1.50 bits per heavy atom. The van der Waals surface area contributed by atoms with E-state index >= 15 is 0 Å². The molecule has 0 atom stereocenters. The number of fused-ring (bicyclic) bond motifs is 1. The molecular formula is C16H12N6O3S. The molecule has 0 radical (unpaired) electrons. The highest BCUT2D eigenvalue weighted by molar-refractivity contribution is 7.89. The van der Waals surface area contributed by atoms with Gasteiger partial charge in [0.2, 0.25) is 0 Å². The third-order valence-electron chi connectivity index (χ3n) is 3.66. The first-order valence-corrected chi connectivity index (χ1v) is 9.03. The van der Waals surface area contributed by atoms with Crippen LogP contribution in [0.1, 0.15) is 0 Å². The standard InChI is InChI=1S/C16H12N6O3S/c17-26(24,25)15-19-14-18-13(11-7-3-1-4-8-11)21(16(23)22(14)20-15)12-9-5-2-6-10-12/h1-10H,(H2,17,24,25). The summed E-state index contributed by atoms with van der Waals surface area (Å²) in [7, 11) is -4.17. The monoisotopic (exact) mass is 368 g/mol. The van der Waals surface area contributed by atoms with E-state index in [1.807, 2.05) is 12.1 Å². The second-order valence-electron chi connectivity index (χ2n) is 5.41. The minimum Gasteiger partial charge on any atom is -0.245 e. The number of nitrogens with two attached hydrogens (primary N) is 1. The maximum Gasteiger partial charge on any atom is 0.358 e. The van der Waals surface area contributed by atoms with Gasteiger partial charge in [-0.1, -0.05) is 48.5 Å². The second kappa shape index (κ2) is 5.86. The Hall–Kier alpha value is -3.37. The van der Waals surface area contributed by atoms with E-state index < -0.39 is 20.9 Å². The van der Waals surface area contributed by atoms with Crippen LogP contribution in [0.2, 0.25) is 0 Å². The highest BCUT2D eigenvalue weighted by Crippen LogP contribution is 2.19. The molecule has 2 N–H and O–H groups in total. The Kier molecular flexibility index (Phi) is 3.63. The average molecular weight is 368 g/mol. The topological polar surface area (TPSA) is 125 Å². The predicted octanol–water partition coefficient (Wildman–Crippen LogP) is 0.590. The molecule has 0 saturated heterocycles. The molecule has 0 spiro atoms. The van der Waals surface area contributed by atoms with Crippen LogP contribution in [-0.4, -0.2) is 32.6 Å². The van der Waals surface area contributed by atoms with E-state index in [1.54, 1.807) is 48.5 Å². The van der Waals surface area contributed by atoms with Crippen LogP contribution >= 0.6 is 0 Å². The Morgan fingerprint density at radius 1 is 0.885 bits per heavy atom. The summed E-state index contributed by atoms with van der Waals surface area (Å²) in [4.78, 5) is 21.1. The van der Waals surface area contributed by atoms with Gasteiger partial charge in [0.1, 0.15) is 0 Å². The summed E-state index contributed by atoms with van der Waals surface area (Å²) < 4.78 is 25.2. The van der Waals surface area contributed by atoms with Crippen LogP contribution in [0.15, 0.2) is 70.6 Å². The van der Waals surface area contributed by atoms with E-state index in [-0.39, 0.29) is 5.78 Å². The van der Waals surface area contributed by atoms with E-state index in [0.717, 1.165) is 4.52 Å². The summed E-state index contributed by atoms with van der Waals surface area (Å²) in [5, 5.41) is 8.11. The van der Waals surface area contributed by atoms with E-state index in [9.17, 15) is 13.2 Å². The molecule has 0 unspecified atom stereocenters. The van der Waals surface area contributed by atoms with Crippen LogP contribution in [0.5, 0.6) is 0 Å². The number of primary sulfonamides is 1. The molecule has 0 aliphatic heterocycles. The molecule has 0 aliphatic carbocycles. The Bertz CT molecular complexity index is 1260. The van der Waals surface area contributed by atoms with Gasteiger partial charge in [-0.25, -0.2) is 22.9 Å². The van der Waals surface area contributed by atoms with Gasteiger partial charge in [0, 0.05) is 5.56 Å². The number of hydrogen-bond acceptors (Lipinski definition) is 6. The highest BCUT2D eigenvalue weighted by Gasteiger charge is 2.21. The van der Waals surface area contributed by atoms with Crippen molar-refractivity contribution in [2.24, 2.45) is 5.14 Å². The van der Waals surface area contributed by atoms with E-state index in [4.69, 9.17) is 5.14 Å². The third kappa shape index (κ3) is 2.66. The number of nitrogens with zero attached hydrogens (tertiary/aromatic N) is 5. The zero-order valence-corrected chi connectivity index (χ0v) is 14.0. The van der Waals surface area contributed by atoms with Gasteiger partial charge < -0.3 is 0 Å². The molecule has 4 aromatic rings. The number of benzene rings is 2. The number of para-hydroxylation sites is 1. The van der Waals surface area contributed by atoms with Gasteiger partial charge in [-0.3, -0.25) is 0 Å². The molecule has 2 aromatic carbocycles. The maximum absolute atomic E-state index is 13.0. The number of rotatable bonds is 3. The minimum absolute atomic E-state index is 0.148. The van der Waals surface area contributed by atoms with E-state index in [1.165, 1.54) is 4.57 Å². The van der Waals surface area contributed by atoms with E-state index in [2.05, 4.69) is 15.1 Å². The minimum atomic E-state index is -4.17. The zero-order chi connectivity index (χ0) is 18.3. The first-order valence-electron chi connectivity index (χ1n) is 7.48. The van der Waals surface area contributed by atoms with Crippen molar-refractivity contribution in [2.75, 3.05) is 0 Å². The van der Waals surface area contributed by atoms with Crippen molar-refractivity contribution in [3.63, 3.8) is 0 Å². The summed E-state index contributed by atoms with van der Waals surface area (Å²) in [6.45, 7) is 0. The number of aromatic nitrogens is 5. The van der Waals surface area contributed by atoms with Crippen LogP contribution in [0, 0.1) is 0 Å². The number of sulfonamides is 1. The van der Waals surface area contributed by atoms with Gasteiger partial charge in [0.25, 0.3) is 21.0 Å². The fourth-order valence-corrected chi connectivity index (χ4v) is 2.93. The van der Waals surface area contributed by atoms with Gasteiger partial charge in [-0.05, 0) is 12.1 Å². The molecule has 10 heteroatoms. The quantitative estimate of drug-likeness (QED) is 0.564. The lowest BCUT2D eigenvalue weighted by Crippen LogP contribution is -2.29. The lowest BCUT2D eigenvalue weighted by atomic mass is 10.2. The average Bonchev–Trinajstić information content (AvgIpc) is 3.08. The van der Waals surface area contributed by atoms with Crippen molar-refractivity contribution in [3.05, 3.63) is 71.1 Å². The molecule has 2 aromatic heterocycles. The van der Waals surface area contributed by atoms with Gasteiger partial charge in [0.15, 0.2) is 5.82 Å². The molecule has 0 aliphatic rings. The van der Waals surface area contributed by atoms with Crippen molar-refractivity contribution in [3.8, 4) is 17.1 Å². The molecule has 2 heterocycles. The third-order valence-corrected chi connectivity index (χ3v) is 4.34. The van der Waals surface area contributed by atoms with Crippen molar-refractivity contribution >= 4 is 15.8 Å². The molecule has 0 bridgehead atoms. The highest BCUT2D eigenvalue weighted by atomic mass is 32.2. The molecule has 130 valence electrons. The molecule has 0 fully saturated rings. The van der Waals surface area contributed by atoms with Crippen LogP contribution in [0.25, 0.3) is 22.9 Å². The lowest BCUT2D eigenvalue weighted by Gasteiger charge is -2.11. The maximum atomic E-state index is 13.0. The summed E-state index contributed by atoms with van der Waals surface area (Å²) >= 11 is 0. The largest absolute Gasteiger partial charge is 0.358 e. The fraction of sp³-hybridized carbons (Fsp3) is 0. The van der Waals surface area contributed by atoms with Gasteiger partial charge in [-0.15, -0.1) is 9.61 Å². The Labute approximate surface area is 147 Å². The molecule has 4 rings (SSSR count). The Morgan fingerprint density at radius 3 is 2.12 bits per heavy atom. The summed E-state index contributed by atoms with van der Waals surface area (Å²) in [5.74, 6) is 0.160. The van der Waals surface area contributed by atoms with Crippen molar-refractivity contribution < 1.29 is 8.42 Å². The van der Waals surface area contributed by atoms with Crippen LogP contribution in [0.3, 0.4) is 0 Å². The van der Waals surface area contributed by atoms with E-state index in [0.29, 0.717) is 17.1 Å². The smallest absolute Gasteiger partial charge is 0.245 e. The van der Waals surface area contributed by atoms with Crippen LogP contribution in [0.4, 0.5) is 0 Å². The molecule has 9 nitrogen and oxygen atoms in total. The van der Waals surface area contributed by atoms with Crippen molar-refractivity contribution in [1.29, 1.82) is 0 Å². The lowest BCUT2D eigenvalue weighted by molar-refractivity contribution is 0.588. The van der Waals surface area contributed by atoms with Crippen LogP contribution < -0.4 is 10.8 Å². The SMILES string of the molecule is NS(=O)(=O)c1nc2nc(-c3ccccc3)n(-c3ccccc3)c(=O)n2n1. The van der Waals surface area contributed by atoms with Gasteiger partial charge >= 0.3 is 5.69 Å². The first-order chi connectivity index (χ1) is 12.4. The van der Waals surface area contributed by atoms with Crippen molar-refractivity contribution in [2.45, 2.75) is 5.16 Å². The summed E-state index contributed by atoms with van der Waals surface area (Å²) in [5.41, 5.74) is 0.608. The second-order valence-corrected chi connectivity index (χ2v) is 6.86. The van der Waals surface area contributed by atoms with Gasteiger partial charge in [-0.2, -0.15) is 9.97 Å². The summed E-state index contributed by atoms with van der Waals surface area (Å²) in [6.07, 6.45) is 0. The fourth-order valence-electron chi connectivity index (χ4n) is 2.53. The predicted molar refractivity (Wildman–Crippen MR) is 93.2 cm³/mol. The van der Waals surface area contributed by atoms with Gasteiger partial charge in [0.05, 0.1) is 5.69 Å². The van der Waals surface area contributed by atoms with Crippen LogP contribution in [-0.2, 0) is 10.0 Å². The Balaban J connectivity index is 2.13.